The molecular formula is C18H19BrO. The van der Waals surface area contributed by atoms with Crippen LogP contribution in [0.2, 0.25) is 0 Å². The molecule has 0 bridgehead atoms. The summed E-state index contributed by atoms with van der Waals surface area (Å²) in [6.07, 6.45) is 0.444. The number of aryl methyl sites for hydroxylation is 1. The normalized spacial score (nSPS) is 10.8. The average molecular weight is 331 g/mol. The first-order valence-electron chi connectivity index (χ1n) is 6.85. The predicted molar refractivity (Wildman–Crippen MR) is 87.4 cm³/mol. The van der Waals surface area contributed by atoms with Gasteiger partial charge in [-0.1, -0.05) is 60.1 Å². The zero-order chi connectivity index (χ0) is 14.7. The Hall–Kier alpha value is -1.41. The molecule has 0 aliphatic rings. The van der Waals surface area contributed by atoms with Crippen molar-refractivity contribution in [1.82, 2.24) is 0 Å². The van der Waals surface area contributed by atoms with Crippen molar-refractivity contribution >= 4 is 21.7 Å². The fourth-order valence-corrected chi connectivity index (χ4v) is 2.86. The Kier molecular flexibility index (Phi) is 4.77. The summed E-state index contributed by atoms with van der Waals surface area (Å²) >= 11 is 3.47. The molecule has 0 aliphatic carbocycles. The van der Waals surface area contributed by atoms with Crippen molar-refractivity contribution in [2.75, 3.05) is 0 Å². The van der Waals surface area contributed by atoms with Crippen LogP contribution in [0.5, 0.6) is 0 Å². The van der Waals surface area contributed by atoms with Gasteiger partial charge in [-0.3, -0.25) is 4.79 Å². The highest BCUT2D eigenvalue weighted by atomic mass is 79.9. The van der Waals surface area contributed by atoms with Crippen LogP contribution in [-0.2, 0) is 6.42 Å². The molecule has 0 N–H and O–H groups in total. The Labute approximate surface area is 129 Å². The van der Waals surface area contributed by atoms with Crippen molar-refractivity contribution in [1.29, 1.82) is 0 Å². The summed E-state index contributed by atoms with van der Waals surface area (Å²) in [5.41, 5.74) is 4.27. The quantitative estimate of drug-likeness (QED) is 0.694. The molecule has 0 atom stereocenters. The van der Waals surface area contributed by atoms with Gasteiger partial charge < -0.3 is 0 Å². The predicted octanol–water partition coefficient (Wildman–Crippen LogP) is 5.31. The van der Waals surface area contributed by atoms with E-state index >= 15 is 0 Å². The Morgan fingerprint density at radius 3 is 2.30 bits per heavy atom. The van der Waals surface area contributed by atoms with Gasteiger partial charge in [-0.25, -0.2) is 0 Å². The zero-order valence-electron chi connectivity index (χ0n) is 12.1. The van der Waals surface area contributed by atoms with E-state index in [0.717, 1.165) is 21.2 Å². The van der Waals surface area contributed by atoms with Gasteiger partial charge in [-0.15, -0.1) is 0 Å². The molecule has 0 aliphatic heterocycles. The van der Waals surface area contributed by atoms with Gasteiger partial charge in [-0.05, 0) is 41.7 Å². The number of Topliss-reactive ketones (excluding diaryl/α,β-unsaturated/α-hetero) is 1. The zero-order valence-corrected chi connectivity index (χ0v) is 13.7. The van der Waals surface area contributed by atoms with Gasteiger partial charge in [0, 0.05) is 16.5 Å². The molecule has 0 fully saturated rings. The first-order chi connectivity index (χ1) is 9.47. The smallest absolute Gasteiger partial charge is 0.168 e. The second-order valence-electron chi connectivity index (χ2n) is 5.48. The summed E-state index contributed by atoms with van der Waals surface area (Å²) in [6, 6.07) is 14.2. The minimum Gasteiger partial charge on any atom is -0.294 e. The van der Waals surface area contributed by atoms with E-state index in [9.17, 15) is 4.79 Å². The van der Waals surface area contributed by atoms with Crippen LogP contribution in [0, 0.1) is 6.92 Å². The lowest BCUT2D eigenvalue weighted by Crippen LogP contribution is -2.05. The van der Waals surface area contributed by atoms with Gasteiger partial charge in [0.05, 0.1) is 0 Å². The number of hydrogen-bond donors (Lipinski definition) is 0. The Morgan fingerprint density at radius 2 is 1.75 bits per heavy atom. The van der Waals surface area contributed by atoms with Gasteiger partial charge in [-0.2, -0.15) is 0 Å². The monoisotopic (exact) mass is 330 g/mol. The number of carbonyl (C=O) groups is 1. The summed E-state index contributed by atoms with van der Waals surface area (Å²) in [6.45, 7) is 6.36. The maximum Gasteiger partial charge on any atom is 0.168 e. The van der Waals surface area contributed by atoms with Crippen LogP contribution < -0.4 is 0 Å². The fourth-order valence-electron chi connectivity index (χ4n) is 2.15. The summed E-state index contributed by atoms with van der Waals surface area (Å²) in [4.78, 5) is 12.3. The topological polar surface area (TPSA) is 17.1 Å². The minimum atomic E-state index is 0.147. The second-order valence-corrected chi connectivity index (χ2v) is 6.33. The summed E-state index contributed by atoms with van der Waals surface area (Å²) in [7, 11) is 0. The first-order valence-corrected chi connectivity index (χ1v) is 7.65. The maximum atomic E-state index is 12.3. The SMILES string of the molecule is Cc1ccc(C(=O)Cc2ccc(C(C)C)cc2)c(Br)c1. The van der Waals surface area contributed by atoms with Gasteiger partial charge in [0.2, 0.25) is 0 Å². The molecular weight excluding hydrogens is 312 g/mol. The minimum absolute atomic E-state index is 0.147. The molecule has 0 aromatic heterocycles. The lowest BCUT2D eigenvalue weighted by molar-refractivity contribution is 0.0992. The Bertz CT molecular complexity index is 612. The van der Waals surface area contributed by atoms with Crippen molar-refractivity contribution in [3.63, 3.8) is 0 Å². The van der Waals surface area contributed by atoms with Crippen LogP contribution in [0.4, 0.5) is 0 Å². The lowest BCUT2D eigenvalue weighted by atomic mass is 9.98. The van der Waals surface area contributed by atoms with E-state index < -0.39 is 0 Å². The van der Waals surface area contributed by atoms with Crippen LogP contribution in [0.25, 0.3) is 0 Å². The first kappa shape index (κ1) is 15.0. The third kappa shape index (κ3) is 3.57. The molecule has 2 aromatic rings. The lowest BCUT2D eigenvalue weighted by Gasteiger charge is -2.08. The molecule has 0 amide bonds. The molecule has 0 spiro atoms. The molecule has 1 nitrogen and oxygen atoms in total. The van der Waals surface area contributed by atoms with Crippen molar-refractivity contribution < 1.29 is 4.79 Å². The van der Waals surface area contributed by atoms with Crippen LogP contribution in [0.3, 0.4) is 0 Å². The summed E-state index contributed by atoms with van der Waals surface area (Å²) in [5, 5.41) is 0. The standard InChI is InChI=1S/C18H19BrO/c1-12(2)15-7-5-14(6-8-15)11-18(20)16-9-4-13(3)10-17(16)19/h4-10,12H,11H2,1-3H3. The molecule has 0 radical (unpaired) electrons. The van der Waals surface area contributed by atoms with Crippen LogP contribution in [0.15, 0.2) is 46.9 Å². The van der Waals surface area contributed by atoms with Crippen molar-refractivity contribution in [3.05, 3.63) is 69.2 Å². The summed E-state index contributed by atoms with van der Waals surface area (Å²) < 4.78 is 0.876. The van der Waals surface area contributed by atoms with E-state index in [4.69, 9.17) is 0 Å². The maximum absolute atomic E-state index is 12.3. The molecule has 0 heterocycles. The highest BCUT2D eigenvalue weighted by Crippen LogP contribution is 2.21. The molecule has 0 saturated carbocycles. The van der Waals surface area contributed by atoms with Gasteiger partial charge in [0.15, 0.2) is 5.78 Å². The van der Waals surface area contributed by atoms with E-state index in [0.29, 0.717) is 12.3 Å². The van der Waals surface area contributed by atoms with Crippen molar-refractivity contribution in [2.24, 2.45) is 0 Å². The molecule has 20 heavy (non-hydrogen) atoms. The summed E-state index contributed by atoms with van der Waals surface area (Å²) in [5.74, 6) is 0.667. The molecule has 104 valence electrons. The van der Waals surface area contributed by atoms with Crippen LogP contribution in [0.1, 0.15) is 46.8 Å². The van der Waals surface area contributed by atoms with Crippen molar-refractivity contribution in [3.8, 4) is 0 Å². The van der Waals surface area contributed by atoms with Crippen molar-refractivity contribution in [2.45, 2.75) is 33.1 Å². The highest BCUT2D eigenvalue weighted by molar-refractivity contribution is 9.10. The molecule has 2 rings (SSSR count). The van der Waals surface area contributed by atoms with E-state index in [2.05, 4.69) is 54.0 Å². The van der Waals surface area contributed by atoms with Crippen LogP contribution in [-0.4, -0.2) is 5.78 Å². The Balaban J connectivity index is 2.15. The van der Waals surface area contributed by atoms with Gasteiger partial charge in [0.1, 0.15) is 0 Å². The number of benzene rings is 2. The number of rotatable bonds is 4. The molecule has 2 aromatic carbocycles. The van der Waals surface area contributed by atoms with E-state index in [1.165, 1.54) is 5.56 Å². The molecule has 2 heteroatoms. The average Bonchev–Trinajstić information content (AvgIpc) is 2.39. The highest BCUT2D eigenvalue weighted by Gasteiger charge is 2.11. The number of halogens is 1. The second kappa shape index (κ2) is 6.36. The third-order valence-corrected chi connectivity index (χ3v) is 4.09. The molecule has 0 unspecified atom stereocenters. The fraction of sp³-hybridized carbons (Fsp3) is 0.278. The number of ketones is 1. The Morgan fingerprint density at radius 1 is 1.10 bits per heavy atom. The van der Waals surface area contributed by atoms with Gasteiger partial charge >= 0.3 is 0 Å². The van der Waals surface area contributed by atoms with Crippen LogP contribution >= 0.6 is 15.9 Å². The largest absolute Gasteiger partial charge is 0.294 e. The number of carbonyl (C=O) groups excluding carboxylic acids is 1. The third-order valence-electron chi connectivity index (χ3n) is 3.44. The van der Waals surface area contributed by atoms with E-state index in [1.807, 2.05) is 25.1 Å². The van der Waals surface area contributed by atoms with Gasteiger partial charge in [0.25, 0.3) is 0 Å². The number of hydrogen-bond acceptors (Lipinski definition) is 1. The van der Waals surface area contributed by atoms with E-state index in [1.54, 1.807) is 0 Å². The molecule has 0 saturated heterocycles. The van der Waals surface area contributed by atoms with E-state index in [-0.39, 0.29) is 5.78 Å².